The third-order valence-electron chi connectivity index (χ3n) is 3.04. The smallest absolute Gasteiger partial charge is 0.241 e. The molecular weight excluding hydrogens is 318 g/mol. The Labute approximate surface area is 117 Å². The van der Waals surface area contributed by atoms with Crippen molar-refractivity contribution in [1.82, 2.24) is 4.72 Å². The molecule has 102 valence electrons. The molecule has 4 nitrogen and oxygen atoms in total. The highest BCUT2D eigenvalue weighted by atomic mass is 79.9. The number of nitrogens with one attached hydrogen (secondary N) is 1. The summed E-state index contributed by atoms with van der Waals surface area (Å²) in [6.07, 6.45) is 0. The molecule has 0 aliphatic carbocycles. The van der Waals surface area contributed by atoms with Crippen molar-refractivity contribution in [2.24, 2.45) is 0 Å². The summed E-state index contributed by atoms with van der Waals surface area (Å²) in [5, 5.41) is 9.97. The van der Waals surface area contributed by atoms with Crippen LogP contribution >= 0.6 is 15.9 Å². The van der Waals surface area contributed by atoms with Crippen LogP contribution < -0.4 is 4.72 Å². The van der Waals surface area contributed by atoms with Gasteiger partial charge in [0.05, 0.1) is 16.0 Å². The van der Waals surface area contributed by atoms with E-state index in [4.69, 9.17) is 0 Å². The second-order valence-corrected chi connectivity index (χ2v) is 7.84. The van der Waals surface area contributed by atoms with Crippen LogP contribution in [-0.4, -0.2) is 24.7 Å². The van der Waals surface area contributed by atoms with Gasteiger partial charge in [-0.2, -0.15) is 0 Å². The molecule has 0 radical (unpaired) electrons. The van der Waals surface area contributed by atoms with Crippen LogP contribution in [-0.2, 0) is 10.0 Å². The molecule has 0 atom stereocenters. The van der Waals surface area contributed by atoms with Crippen LogP contribution in [0.2, 0.25) is 0 Å². The molecule has 0 bridgehead atoms. The summed E-state index contributed by atoms with van der Waals surface area (Å²) in [5.41, 5.74) is -2.14. The highest BCUT2D eigenvalue weighted by molar-refractivity contribution is 9.10. The number of sulfonamides is 1. The Morgan fingerprint density at radius 3 is 1.94 bits per heavy atom. The standard InChI is InChI=1S/C12H18BrNO3S/c1-11(2,12(3,4)15)14-18(16,17)10-7-5-9(13)6-8-10/h5-8,14-15H,1-4H3. The first-order chi connectivity index (χ1) is 7.96. The molecule has 0 heterocycles. The number of benzene rings is 1. The van der Waals surface area contributed by atoms with Crippen LogP contribution in [0.25, 0.3) is 0 Å². The van der Waals surface area contributed by atoms with Gasteiger partial charge < -0.3 is 5.11 Å². The van der Waals surface area contributed by atoms with E-state index in [-0.39, 0.29) is 4.90 Å². The molecule has 0 amide bonds. The zero-order valence-corrected chi connectivity index (χ0v) is 13.3. The molecule has 1 aromatic carbocycles. The largest absolute Gasteiger partial charge is 0.389 e. The van der Waals surface area contributed by atoms with Crippen molar-refractivity contribution in [1.29, 1.82) is 0 Å². The fourth-order valence-corrected chi connectivity index (χ4v) is 2.93. The Balaban J connectivity index is 3.07. The van der Waals surface area contributed by atoms with Crippen molar-refractivity contribution >= 4 is 26.0 Å². The van der Waals surface area contributed by atoms with Gasteiger partial charge in [0.2, 0.25) is 10.0 Å². The molecule has 0 spiro atoms. The number of halogens is 1. The van der Waals surface area contributed by atoms with Crippen LogP contribution in [0.1, 0.15) is 27.7 Å². The van der Waals surface area contributed by atoms with E-state index in [0.717, 1.165) is 4.47 Å². The van der Waals surface area contributed by atoms with E-state index >= 15 is 0 Å². The first-order valence-electron chi connectivity index (χ1n) is 5.48. The maximum absolute atomic E-state index is 12.2. The first-order valence-corrected chi connectivity index (χ1v) is 7.75. The summed E-state index contributed by atoms with van der Waals surface area (Å²) in [7, 11) is -3.65. The van der Waals surface area contributed by atoms with Crippen molar-refractivity contribution < 1.29 is 13.5 Å². The van der Waals surface area contributed by atoms with E-state index < -0.39 is 21.2 Å². The number of hydrogen-bond acceptors (Lipinski definition) is 3. The highest BCUT2D eigenvalue weighted by Crippen LogP contribution is 2.24. The Kier molecular flexibility index (Phi) is 4.27. The Hall–Kier alpha value is -0.430. The Morgan fingerprint density at radius 1 is 1.11 bits per heavy atom. The predicted molar refractivity (Wildman–Crippen MR) is 74.8 cm³/mol. The molecule has 1 rings (SSSR count). The van der Waals surface area contributed by atoms with Crippen molar-refractivity contribution in [2.45, 2.75) is 43.7 Å². The topological polar surface area (TPSA) is 66.4 Å². The fourth-order valence-electron chi connectivity index (χ4n) is 1.13. The molecule has 1 aromatic rings. The first kappa shape index (κ1) is 15.6. The molecule has 0 aliphatic heterocycles. The van der Waals surface area contributed by atoms with E-state index in [1.165, 1.54) is 12.1 Å². The van der Waals surface area contributed by atoms with Gasteiger partial charge in [-0.25, -0.2) is 13.1 Å². The molecule has 6 heteroatoms. The van der Waals surface area contributed by atoms with E-state index in [9.17, 15) is 13.5 Å². The van der Waals surface area contributed by atoms with Gasteiger partial charge >= 0.3 is 0 Å². The quantitative estimate of drug-likeness (QED) is 0.886. The zero-order valence-electron chi connectivity index (χ0n) is 10.9. The highest BCUT2D eigenvalue weighted by Gasteiger charge is 2.38. The van der Waals surface area contributed by atoms with Gasteiger partial charge in [0.1, 0.15) is 0 Å². The normalized spacial score (nSPS) is 13.7. The summed E-state index contributed by atoms with van der Waals surface area (Å²) in [6, 6.07) is 6.33. The lowest BCUT2D eigenvalue weighted by atomic mass is 9.87. The maximum Gasteiger partial charge on any atom is 0.241 e. The fraction of sp³-hybridized carbons (Fsp3) is 0.500. The van der Waals surface area contributed by atoms with Gasteiger partial charge in [0.25, 0.3) is 0 Å². The van der Waals surface area contributed by atoms with Gasteiger partial charge in [-0.1, -0.05) is 15.9 Å². The Morgan fingerprint density at radius 2 is 1.56 bits per heavy atom. The third kappa shape index (κ3) is 3.54. The van der Waals surface area contributed by atoms with Crippen LogP contribution in [0.15, 0.2) is 33.6 Å². The molecule has 18 heavy (non-hydrogen) atoms. The lowest BCUT2D eigenvalue weighted by Crippen LogP contribution is -2.57. The van der Waals surface area contributed by atoms with E-state index in [0.29, 0.717) is 0 Å². The van der Waals surface area contributed by atoms with E-state index in [2.05, 4.69) is 20.7 Å². The van der Waals surface area contributed by atoms with E-state index in [1.807, 2.05) is 0 Å². The molecule has 2 N–H and O–H groups in total. The average molecular weight is 336 g/mol. The second-order valence-electron chi connectivity index (χ2n) is 5.24. The van der Waals surface area contributed by atoms with Crippen LogP contribution in [0.3, 0.4) is 0 Å². The summed E-state index contributed by atoms with van der Waals surface area (Å²) in [6.45, 7) is 6.42. The second kappa shape index (κ2) is 4.92. The van der Waals surface area contributed by atoms with Gasteiger partial charge in [0.15, 0.2) is 0 Å². The van der Waals surface area contributed by atoms with Gasteiger partial charge in [-0.15, -0.1) is 0 Å². The summed E-state index contributed by atoms with van der Waals surface area (Å²) < 4.78 is 27.7. The Bertz CT molecular complexity index is 515. The molecule has 0 saturated heterocycles. The molecular formula is C12H18BrNO3S. The van der Waals surface area contributed by atoms with Crippen molar-refractivity contribution in [3.05, 3.63) is 28.7 Å². The third-order valence-corrected chi connectivity index (χ3v) is 5.24. The van der Waals surface area contributed by atoms with Crippen LogP contribution in [0.5, 0.6) is 0 Å². The van der Waals surface area contributed by atoms with Crippen LogP contribution in [0, 0.1) is 0 Å². The van der Waals surface area contributed by atoms with E-state index in [1.54, 1.807) is 39.8 Å². The molecule has 0 saturated carbocycles. The molecule has 0 fully saturated rings. The van der Waals surface area contributed by atoms with Crippen molar-refractivity contribution in [3.63, 3.8) is 0 Å². The lowest BCUT2D eigenvalue weighted by Gasteiger charge is -2.37. The maximum atomic E-state index is 12.2. The zero-order chi connectivity index (χ0) is 14.2. The SMILES string of the molecule is CC(C)(O)C(C)(C)NS(=O)(=O)c1ccc(Br)cc1. The number of hydrogen-bond donors (Lipinski definition) is 2. The summed E-state index contributed by atoms with van der Waals surface area (Å²) in [4.78, 5) is 0.169. The summed E-state index contributed by atoms with van der Waals surface area (Å²) >= 11 is 3.25. The minimum atomic E-state index is -3.65. The monoisotopic (exact) mass is 335 g/mol. The average Bonchev–Trinajstić information content (AvgIpc) is 2.14. The molecule has 0 unspecified atom stereocenters. The number of rotatable bonds is 4. The lowest BCUT2D eigenvalue weighted by molar-refractivity contribution is 0.00639. The van der Waals surface area contributed by atoms with Crippen LogP contribution in [0.4, 0.5) is 0 Å². The number of aliphatic hydroxyl groups is 1. The van der Waals surface area contributed by atoms with Gasteiger partial charge in [-0.3, -0.25) is 0 Å². The minimum Gasteiger partial charge on any atom is -0.389 e. The summed E-state index contributed by atoms with van der Waals surface area (Å²) in [5.74, 6) is 0. The molecule has 0 aromatic heterocycles. The van der Waals surface area contributed by atoms with Crippen molar-refractivity contribution in [3.8, 4) is 0 Å². The molecule has 0 aliphatic rings. The van der Waals surface area contributed by atoms with Gasteiger partial charge in [0, 0.05) is 4.47 Å². The van der Waals surface area contributed by atoms with Crippen molar-refractivity contribution in [2.75, 3.05) is 0 Å². The predicted octanol–water partition coefficient (Wildman–Crippen LogP) is 2.28. The minimum absolute atomic E-state index is 0.169. The van der Waals surface area contributed by atoms with Gasteiger partial charge in [-0.05, 0) is 52.0 Å².